The predicted molar refractivity (Wildman–Crippen MR) is 162 cm³/mol. The summed E-state index contributed by atoms with van der Waals surface area (Å²) in [5.74, 6) is 9.21. The first-order valence-corrected chi connectivity index (χ1v) is 16.8. The zero-order valence-electron chi connectivity index (χ0n) is 25.1. The van der Waals surface area contributed by atoms with Crippen molar-refractivity contribution in [2.45, 2.75) is 115 Å². The fourth-order valence-electron chi connectivity index (χ4n) is 12.2. The topological polar surface area (TPSA) is 49.7 Å². The molecule has 0 radical (unpaired) electrons. The molecular formula is C38H48O3. The van der Waals surface area contributed by atoms with E-state index in [0.29, 0.717) is 35.5 Å². The average Bonchev–Trinajstić information content (AvgIpc) is 3.45. The van der Waals surface area contributed by atoms with E-state index in [1.165, 1.54) is 67.4 Å². The lowest BCUT2D eigenvalue weighted by atomic mass is 9.51. The SMILES string of the molecule is C#C[C@@]1(O)CC[C@H]2[C@@H]3CC=C4C=C(O[C@H]5CC[C@H]6[C@@H]7CCc8cc(O)ccc8[C@H]7CC[C@]56C)CC[C@@H]4[C@H]3CC[C@@]21C. The van der Waals surface area contributed by atoms with Gasteiger partial charge in [-0.25, -0.2) is 0 Å². The molecule has 0 heterocycles. The molecule has 3 heteroatoms. The van der Waals surface area contributed by atoms with Crippen molar-refractivity contribution in [2.24, 2.45) is 46.3 Å². The minimum absolute atomic E-state index is 0.122. The molecule has 0 amide bonds. The monoisotopic (exact) mass is 552 g/mol. The highest BCUT2D eigenvalue weighted by Gasteiger charge is 2.62. The van der Waals surface area contributed by atoms with E-state index in [1.54, 1.807) is 0 Å². The maximum atomic E-state index is 11.3. The zero-order valence-corrected chi connectivity index (χ0v) is 25.1. The van der Waals surface area contributed by atoms with Crippen molar-refractivity contribution in [3.05, 3.63) is 52.8 Å². The van der Waals surface area contributed by atoms with Crippen LogP contribution in [0.3, 0.4) is 0 Å². The number of rotatable bonds is 2. The second-order valence-electron chi connectivity index (χ2n) is 15.7. The van der Waals surface area contributed by atoms with E-state index in [2.05, 4.69) is 38.0 Å². The van der Waals surface area contributed by atoms with Gasteiger partial charge in [-0.1, -0.05) is 31.9 Å². The van der Waals surface area contributed by atoms with Crippen molar-refractivity contribution in [3.8, 4) is 18.1 Å². The molecule has 7 aliphatic rings. The van der Waals surface area contributed by atoms with Gasteiger partial charge >= 0.3 is 0 Å². The van der Waals surface area contributed by atoms with Gasteiger partial charge in [0.05, 0.1) is 5.76 Å². The molecule has 3 nitrogen and oxygen atoms in total. The number of hydrogen-bond donors (Lipinski definition) is 2. The molecule has 7 aliphatic carbocycles. The summed E-state index contributed by atoms with van der Waals surface area (Å²) < 4.78 is 7.03. The van der Waals surface area contributed by atoms with Crippen LogP contribution in [0.5, 0.6) is 5.75 Å². The molecule has 1 aromatic carbocycles. The van der Waals surface area contributed by atoms with Crippen LogP contribution in [0.25, 0.3) is 0 Å². The first-order valence-electron chi connectivity index (χ1n) is 16.8. The lowest BCUT2D eigenvalue weighted by Crippen LogP contribution is -2.51. The molecule has 2 N–H and O–H groups in total. The fourth-order valence-corrected chi connectivity index (χ4v) is 12.2. The number of benzene rings is 1. The summed E-state index contributed by atoms with van der Waals surface area (Å²) in [5, 5.41) is 21.3. The number of phenolic OH excluding ortho intramolecular Hbond substituents is 1. The molecule has 1 aromatic rings. The van der Waals surface area contributed by atoms with Gasteiger partial charge < -0.3 is 14.9 Å². The number of hydrogen-bond acceptors (Lipinski definition) is 3. The van der Waals surface area contributed by atoms with Crippen LogP contribution in [0.1, 0.15) is 108 Å². The molecule has 0 unspecified atom stereocenters. The summed E-state index contributed by atoms with van der Waals surface area (Å²) in [5.41, 5.74) is 3.66. The van der Waals surface area contributed by atoms with Gasteiger partial charge in [-0.15, -0.1) is 6.42 Å². The molecule has 11 atom stereocenters. The Morgan fingerprint density at radius 3 is 2.61 bits per heavy atom. The zero-order chi connectivity index (χ0) is 28.1. The largest absolute Gasteiger partial charge is 0.508 e. The van der Waals surface area contributed by atoms with Gasteiger partial charge in [0.1, 0.15) is 17.5 Å². The Bertz CT molecular complexity index is 1350. The van der Waals surface area contributed by atoms with E-state index >= 15 is 0 Å². The number of aromatic hydroxyl groups is 1. The van der Waals surface area contributed by atoms with Gasteiger partial charge in [0.25, 0.3) is 0 Å². The summed E-state index contributed by atoms with van der Waals surface area (Å²) in [6, 6.07) is 6.13. The van der Waals surface area contributed by atoms with Crippen LogP contribution in [0.15, 0.2) is 41.7 Å². The molecule has 0 aliphatic heterocycles. The van der Waals surface area contributed by atoms with E-state index < -0.39 is 5.60 Å². The maximum Gasteiger partial charge on any atom is 0.130 e. The smallest absolute Gasteiger partial charge is 0.130 e. The van der Waals surface area contributed by atoms with Crippen molar-refractivity contribution in [1.82, 2.24) is 0 Å². The second kappa shape index (κ2) is 9.16. The average molecular weight is 553 g/mol. The molecule has 8 rings (SSSR count). The normalized spacial score (nSPS) is 47.8. The van der Waals surface area contributed by atoms with Crippen molar-refractivity contribution in [3.63, 3.8) is 0 Å². The summed E-state index contributed by atoms with van der Waals surface area (Å²) in [6.45, 7) is 4.83. The third kappa shape index (κ3) is 3.68. The summed E-state index contributed by atoms with van der Waals surface area (Å²) in [7, 11) is 0. The van der Waals surface area contributed by atoms with Crippen LogP contribution in [-0.2, 0) is 11.2 Å². The molecule has 4 fully saturated rings. The second-order valence-corrected chi connectivity index (χ2v) is 15.7. The van der Waals surface area contributed by atoms with Gasteiger partial charge in [-0.05, 0) is 153 Å². The number of phenols is 1. The highest BCUT2D eigenvalue weighted by atomic mass is 16.5. The van der Waals surface area contributed by atoms with Crippen LogP contribution < -0.4 is 0 Å². The quantitative estimate of drug-likeness (QED) is 0.365. The predicted octanol–water partition coefficient (Wildman–Crippen LogP) is 8.06. The van der Waals surface area contributed by atoms with E-state index in [1.807, 2.05) is 12.1 Å². The van der Waals surface area contributed by atoms with E-state index in [4.69, 9.17) is 11.2 Å². The fraction of sp³-hybridized carbons (Fsp3) is 0.684. The van der Waals surface area contributed by atoms with Crippen LogP contribution in [0.4, 0.5) is 0 Å². The van der Waals surface area contributed by atoms with Gasteiger partial charge in [-0.3, -0.25) is 0 Å². The summed E-state index contributed by atoms with van der Waals surface area (Å²) in [4.78, 5) is 0. The Morgan fingerprint density at radius 1 is 0.878 bits per heavy atom. The van der Waals surface area contributed by atoms with Crippen LogP contribution >= 0.6 is 0 Å². The number of terminal acetylenes is 1. The Hall–Kier alpha value is -2.18. The minimum atomic E-state index is -0.918. The molecular weight excluding hydrogens is 504 g/mol. The van der Waals surface area contributed by atoms with Crippen LogP contribution in [-0.4, -0.2) is 21.9 Å². The van der Waals surface area contributed by atoms with Crippen molar-refractivity contribution in [1.29, 1.82) is 0 Å². The maximum absolute atomic E-state index is 11.3. The van der Waals surface area contributed by atoms with Crippen LogP contribution in [0.2, 0.25) is 0 Å². The Morgan fingerprint density at radius 2 is 1.76 bits per heavy atom. The summed E-state index contributed by atoms with van der Waals surface area (Å²) >= 11 is 0. The highest BCUT2D eigenvalue weighted by Crippen LogP contribution is 2.65. The third-order valence-corrected chi connectivity index (χ3v) is 14.4. The van der Waals surface area contributed by atoms with Gasteiger partial charge in [0.2, 0.25) is 0 Å². The van der Waals surface area contributed by atoms with Crippen LogP contribution in [0, 0.1) is 58.7 Å². The molecule has 0 saturated heterocycles. The molecule has 0 bridgehead atoms. The lowest BCUT2D eigenvalue weighted by Gasteiger charge is -2.54. The Kier molecular flexibility index (Phi) is 5.91. The van der Waals surface area contributed by atoms with Crippen molar-refractivity contribution >= 4 is 0 Å². The van der Waals surface area contributed by atoms with Gasteiger partial charge in [0, 0.05) is 17.3 Å². The first kappa shape index (κ1) is 26.4. The number of allylic oxidation sites excluding steroid dienone is 4. The lowest BCUT2D eigenvalue weighted by molar-refractivity contribution is -0.0811. The number of fused-ring (bicyclic) bond motifs is 10. The molecule has 0 aromatic heterocycles. The number of aliphatic hydroxyl groups is 1. The van der Waals surface area contributed by atoms with Crippen molar-refractivity contribution < 1.29 is 14.9 Å². The first-order chi connectivity index (χ1) is 19.7. The number of ether oxygens (including phenoxy) is 1. The molecule has 218 valence electrons. The van der Waals surface area contributed by atoms with Gasteiger partial charge in [0.15, 0.2) is 0 Å². The Labute approximate surface area is 246 Å². The number of aryl methyl sites for hydroxylation is 1. The van der Waals surface area contributed by atoms with Gasteiger partial charge in [-0.2, -0.15) is 0 Å². The van der Waals surface area contributed by atoms with E-state index in [-0.39, 0.29) is 10.8 Å². The highest BCUT2D eigenvalue weighted by molar-refractivity contribution is 5.40. The standard InChI is InChI=1S/C38H48O3/c1-4-38(40)20-17-34-32-10-6-24-22-26(8-12-28(24)30(32)16-19-37(34,38)3)41-35-14-13-33-31-9-5-23-21-25(39)7-11-27(23)29(31)15-18-36(33,35)2/h1,6-7,11,21-22,28-35,39-40H,5,8-10,12-20H2,2-3H3/t28-,29+,30+,31+,32+,33-,34-,35-,36-,37-,38+/m0/s1. The minimum Gasteiger partial charge on any atom is -0.508 e. The van der Waals surface area contributed by atoms with E-state index in [0.717, 1.165) is 56.3 Å². The van der Waals surface area contributed by atoms with E-state index in [9.17, 15) is 10.2 Å². The molecule has 0 spiro atoms. The Balaban J connectivity index is 0.984. The molecule has 41 heavy (non-hydrogen) atoms. The molecule has 4 saturated carbocycles. The summed E-state index contributed by atoms with van der Waals surface area (Å²) in [6.07, 6.45) is 26.1. The third-order valence-electron chi connectivity index (χ3n) is 14.4. The van der Waals surface area contributed by atoms with Crippen molar-refractivity contribution in [2.75, 3.05) is 0 Å².